The van der Waals surface area contributed by atoms with E-state index < -0.39 is 24.3 Å². The van der Waals surface area contributed by atoms with Crippen LogP contribution in [-0.2, 0) is 15.9 Å². The molecule has 0 aromatic carbocycles. The molecular formula is C11H13F3N2O4. The molecule has 112 valence electrons. The molecule has 0 atom stereocenters. The molecule has 0 fully saturated rings. The molecule has 6 nitrogen and oxygen atoms in total. The van der Waals surface area contributed by atoms with E-state index in [1.807, 2.05) is 0 Å². The fourth-order valence-corrected chi connectivity index (χ4v) is 1.27. The van der Waals surface area contributed by atoms with E-state index in [9.17, 15) is 22.8 Å². The Balaban J connectivity index is 2.56. The van der Waals surface area contributed by atoms with Gasteiger partial charge in [-0.3, -0.25) is 4.79 Å². The van der Waals surface area contributed by atoms with Crippen molar-refractivity contribution in [3.8, 4) is 0 Å². The number of carbonyl (C=O) groups is 1. The van der Waals surface area contributed by atoms with Crippen LogP contribution in [0.25, 0.3) is 0 Å². The second-order valence-corrected chi connectivity index (χ2v) is 3.71. The molecule has 1 rings (SSSR count). The minimum absolute atomic E-state index is 0.00553. The maximum atomic E-state index is 11.8. The maximum Gasteiger partial charge on any atom is 0.411 e. The summed E-state index contributed by atoms with van der Waals surface area (Å²) in [7, 11) is 0. The summed E-state index contributed by atoms with van der Waals surface area (Å²) in [5.41, 5.74) is -0.962. The zero-order chi connectivity index (χ0) is 15.2. The van der Waals surface area contributed by atoms with Crippen LogP contribution in [0.15, 0.2) is 11.0 Å². The van der Waals surface area contributed by atoms with Gasteiger partial charge in [0.25, 0.3) is 5.56 Å². The third kappa shape index (κ3) is 5.39. The van der Waals surface area contributed by atoms with Crippen LogP contribution in [0.3, 0.4) is 0 Å². The normalized spacial score (nSPS) is 11.4. The van der Waals surface area contributed by atoms with Gasteiger partial charge in [-0.2, -0.15) is 13.2 Å². The van der Waals surface area contributed by atoms with Crippen LogP contribution in [-0.4, -0.2) is 41.9 Å². The summed E-state index contributed by atoms with van der Waals surface area (Å²) in [4.78, 5) is 28.9. The average Bonchev–Trinajstić information content (AvgIpc) is 2.34. The number of aromatic amines is 1. The number of nitrogens with zero attached hydrogens (tertiary/aromatic N) is 1. The SMILES string of the molecule is CCOC(=O)c1cnc(CCOCC(F)(F)F)[nH]c1=O. The van der Waals surface area contributed by atoms with E-state index in [2.05, 4.69) is 19.4 Å². The number of nitrogens with one attached hydrogen (secondary N) is 1. The monoisotopic (exact) mass is 294 g/mol. The van der Waals surface area contributed by atoms with E-state index in [4.69, 9.17) is 0 Å². The molecule has 0 amide bonds. The predicted octanol–water partition coefficient (Wildman–Crippen LogP) is 1.07. The highest BCUT2D eigenvalue weighted by molar-refractivity contribution is 5.88. The Hall–Kier alpha value is -1.90. The second kappa shape index (κ2) is 7.04. The van der Waals surface area contributed by atoms with Gasteiger partial charge in [-0.15, -0.1) is 0 Å². The fraction of sp³-hybridized carbons (Fsp3) is 0.545. The molecule has 1 N–H and O–H groups in total. The summed E-state index contributed by atoms with van der Waals surface area (Å²) in [5, 5.41) is 0. The third-order valence-corrected chi connectivity index (χ3v) is 2.10. The fourth-order valence-electron chi connectivity index (χ4n) is 1.27. The first-order valence-corrected chi connectivity index (χ1v) is 5.73. The Kier molecular flexibility index (Phi) is 5.68. The Morgan fingerprint density at radius 1 is 1.45 bits per heavy atom. The van der Waals surface area contributed by atoms with Gasteiger partial charge in [0.2, 0.25) is 0 Å². The molecule has 0 spiro atoms. The van der Waals surface area contributed by atoms with Gasteiger partial charge in [-0.1, -0.05) is 0 Å². The summed E-state index contributed by atoms with van der Waals surface area (Å²) in [6.07, 6.45) is -3.38. The highest BCUT2D eigenvalue weighted by atomic mass is 19.4. The summed E-state index contributed by atoms with van der Waals surface area (Å²) in [6, 6.07) is 0. The first-order chi connectivity index (χ1) is 9.33. The highest BCUT2D eigenvalue weighted by Gasteiger charge is 2.27. The largest absolute Gasteiger partial charge is 0.462 e. The lowest BCUT2D eigenvalue weighted by Crippen LogP contribution is -2.23. The van der Waals surface area contributed by atoms with E-state index in [0.717, 1.165) is 6.20 Å². The third-order valence-electron chi connectivity index (χ3n) is 2.10. The minimum atomic E-state index is -4.39. The van der Waals surface area contributed by atoms with Crippen molar-refractivity contribution in [1.82, 2.24) is 9.97 Å². The number of esters is 1. The lowest BCUT2D eigenvalue weighted by atomic mass is 10.3. The summed E-state index contributed by atoms with van der Waals surface area (Å²) < 4.78 is 44.4. The van der Waals surface area contributed by atoms with Gasteiger partial charge in [-0.05, 0) is 6.92 Å². The average molecular weight is 294 g/mol. The number of H-pyrrole nitrogens is 1. The molecule has 9 heteroatoms. The van der Waals surface area contributed by atoms with Crippen molar-refractivity contribution >= 4 is 5.97 Å². The van der Waals surface area contributed by atoms with Gasteiger partial charge in [0, 0.05) is 12.6 Å². The standard InChI is InChI=1S/C11H13F3N2O4/c1-2-20-10(18)7-5-15-8(16-9(7)17)3-4-19-6-11(12,13)14/h5H,2-4,6H2,1H3,(H,15,16,17). The Morgan fingerprint density at radius 2 is 2.15 bits per heavy atom. The minimum Gasteiger partial charge on any atom is -0.462 e. The molecule has 0 saturated carbocycles. The van der Waals surface area contributed by atoms with Gasteiger partial charge in [0.1, 0.15) is 18.0 Å². The zero-order valence-electron chi connectivity index (χ0n) is 10.6. The smallest absolute Gasteiger partial charge is 0.411 e. The van der Waals surface area contributed by atoms with Crippen LogP contribution < -0.4 is 5.56 Å². The Labute approximate surface area is 111 Å². The molecule has 0 bridgehead atoms. The second-order valence-electron chi connectivity index (χ2n) is 3.71. The van der Waals surface area contributed by atoms with Crippen LogP contribution >= 0.6 is 0 Å². The Morgan fingerprint density at radius 3 is 2.70 bits per heavy atom. The molecule has 0 radical (unpaired) electrons. The number of ether oxygens (including phenoxy) is 2. The van der Waals surface area contributed by atoms with Crippen LogP contribution in [0.2, 0.25) is 0 Å². The molecule has 0 aliphatic heterocycles. The van der Waals surface area contributed by atoms with Crippen LogP contribution in [0.5, 0.6) is 0 Å². The molecule has 20 heavy (non-hydrogen) atoms. The summed E-state index contributed by atoms with van der Waals surface area (Å²) >= 11 is 0. The molecule has 1 aromatic heterocycles. The zero-order valence-corrected chi connectivity index (χ0v) is 10.6. The highest BCUT2D eigenvalue weighted by Crippen LogP contribution is 2.14. The summed E-state index contributed by atoms with van der Waals surface area (Å²) in [6.45, 7) is 0.0938. The van der Waals surface area contributed by atoms with Crippen molar-refractivity contribution in [2.75, 3.05) is 19.8 Å². The lowest BCUT2D eigenvalue weighted by Gasteiger charge is -2.07. The van der Waals surface area contributed by atoms with Crippen LogP contribution in [0.4, 0.5) is 13.2 Å². The van der Waals surface area contributed by atoms with Crippen molar-refractivity contribution in [2.45, 2.75) is 19.5 Å². The molecular weight excluding hydrogens is 281 g/mol. The quantitative estimate of drug-likeness (QED) is 0.627. The molecule has 0 aliphatic carbocycles. The van der Waals surface area contributed by atoms with Gasteiger partial charge >= 0.3 is 12.1 Å². The number of hydrogen-bond acceptors (Lipinski definition) is 5. The number of aromatic nitrogens is 2. The van der Waals surface area contributed by atoms with Gasteiger partial charge in [-0.25, -0.2) is 9.78 Å². The number of alkyl halides is 3. The first kappa shape index (κ1) is 16.2. The van der Waals surface area contributed by atoms with Crippen molar-refractivity contribution in [3.63, 3.8) is 0 Å². The van der Waals surface area contributed by atoms with Crippen molar-refractivity contribution < 1.29 is 27.4 Å². The molecule has 0 unspecified atom stereocenters. The van der Waals surface area contributed by atoms with Gasteiger partial charge in [0.15, 0.2) is 0 Å². The van der Waals surface area contributed by atoms with E-state index in [1.54, 1.807) is 6.92 Å². The van der Waals surface area contributed by atoms with Crippen molar-refractivity contribution in [2.24, 2.45) is 0 Å². The number of halogens is 3. The number of rotatable bonds is 6. The Bertz CT molecular complexity index is 513. The van der Waals surface area contributed by atoms with Crippen molar-refractivity contribution in [1.29, 1.82) is 0 Å². The summed E-state index contributed by atoms with van der Waals surface area (Å²) in [5.74, 6) is -0.675. The van der Waals surface area contributed by atoms with E-state index in [1.165, 1.54) is 0 Å². The van der Waals surface area contributed by atoms with Gasteiger partial charge in [0.05, 0.1) is 13.2 Å². The molecule has 0 saturated heterocycles. The van der Waals surface area contributed by atoms with Crippen molar-refractivity contribution in [3.05, 3.63) is 27.9 Å². The predicted molar refractivity (Wildman–Crippen MR) is 61.4 cm³/mol. The number of carbonyl (C=O) groups excluding carboxylic acids is 1. The van der Waals surface area contributed by atoms with Crippen LogP contribution in [0, 0.1) is 0 Å². The van der Waals surface area contributed by atoms with E-state index in [-0.39, 0.29) is 31.0 Å². The number of hydrogen-bond donors (Lipinski definition) is 1. The lowest BCUT2D eigenvalue weighted by molar-refractivity contribution is -0.173. The molecule has 1 heterocycles. The van der Waals surface area contributed by atoms with E-state index >= 15 is 0 Å². The first-order valence-electron chi connectivity index (χ1n) is 5.73. The molecule has 1 aromatic rings. The topological polar surface area (TPSA) is 81.3 Å². The maximum absolute atomic E-state index is 11.8. The van der Waals surface area contributed by atoms with Crippen LogP contribution in [0.1, 0.15) is 23.1 Å². The van der Waals surface area contributed by atoms with Gasteiger partial charge < -0.3 is 14.5 Å². The van der Waals surface area contributed by atoms with E-state index in [0.29, 0.717) is 0 Å². The molecule has 0 aliphatic rings.